The molecule has 9 aromatic rings. The van der Waals surface area contributed by atoms with E-state index in [2.05, 4.69) is 185 Å². The maximum absolute atomic E-state index is 2.52. The molecule has 0 aliphatic carbocycles. The second kappa shape index (κ2) is 15.5. The van der Waals surface area contributed by atoms with Gasteiger partial charge in [-0.1, -0.05) is 166 Å². The van der Waals surface area contributed by atoms with Crippen molar-refractivity contribution < 1.29 is 0 Å². The number of unbranched alkanes of at least 4 members (excludes halogenated alkanes) is 5. The van der Waals surface area contributed by atoms with E-state index < -0.39 is 10.0 Å². The summed E-state index contributed by atoms with van der Waals surface area (Å²) in [6, 6.07) is 57.9. The average molecular weight is 759 g/mol. The standard InChI is InChI=1S/C56H54S/c1-6-7-8-9-10-17-34-57(4,5)44-30-28-40-26-27-41(35-43(40)36-44)42-29-33-53-54(37-42)56(52-32-25-39(3)46-19-12-14-21-48(46)52)50-23-16-15-22-49(50)55(53)51-31-24-38(2)45-18-11-13-20-47(45)51/h11-16,18-33,35-37H,6-10,17,34H2,1-5H3. The van der Waals surface area contributed by atoms with E-state index in [1.54, 1.807) is 0 Å². The maximum Gasteiger partial charge on any atom is -0.00199 e. The van der Waals surface area contributed by atoms with Crippen LogP contribution in [0.2, 0.25) is 0 Å². The van der Waals surface area contributed by atoms with E-state index in [-0.39, 0.29) is 0 Å². The van der Waals surface area contributed by atoms with Gasteiger partial charge < -0.3 is 0 Å². The van der Waals surface area contributed by atoms with Crippen molar-refractivity contribution in [3.05, 3.63) is 163 Å². The van der Waals surface area contributed by atoms with Gasteiger partial charge in [0.1, 0.15) is 0 Å². The number of hydrogen-bond donors (Lipinski definition) is 0. The van der Waals surface area contributed by atoms with Crippen LogP contribution in [-0.4, -0.2) is 18.3 Å². The number of aryl methyl sites for hydroxylation is 2. The second-order valence-electron chi connectivity index (χ2n) is 16.7. The van der Waals surface area contributed by atoms with E-state index in [4.69, 9.17) is 0 Å². The third-order valence-corrected chi connectivity index (χ3v) is 15.5. The molecule has 0 aliphatic rings. The third kappa shape index (κ3) is 6.91. The largest absolute Gasteiger partial charge is 0.220 e. The molecular formula is C56H54S. The highest BCUT2D eigenvalue weighted by atomic mass is 32.3. The Morgan fingerprint density at radius 1 is 0.386 bits per heavy atom. The van der Waals surface area contributed by atoms with Crippen molar-refractivity contribution in [2.24, 2.45) is 0 Å². The van der Waals surface area contributed by atoms with Gasteiger partial charge in [-0.2, -0.15) is 0 Å². The number of rotatable bonds is 11. The molecule has 57 heavy (non-hydrogen) atoms. The van der Waals surface area contributed by atoms with Gasteiger partial charge in [0.25, 0.3) is 0 Å². The highest BCUT2D eigenvalue weighted by Gasteiger charge is 2.21. The highest BCUT2D eigenvalue weighted by molar-refractivity contribution is 8.32. The lowest BCUT2D eigenvalue weighted by atomic mass is 9.82. The van der Waals surface area contributed by atoms with Gasteiger partial charge >= 0.3 is 0 Å². The zero-order valence-electron chi connectivity index (χ0n) is 34.3. The predicted molar refractivity (Wildman–Crippen MR) is 256 cm³/mol. The fourth-order valence-electron chi connectivity index (χ4n) is 9.38. The molecule has 0 bridgehead atoms. The maximum atomic E-state index is 2.52. The molecule has 0 heterocycles. The Morgan fingerprint density at radius 3 is 1.51 bits per heavy atom. The van der Waals surface area contributed by atoms with E-state index in [1.165, 1.54) is 148 Å². The van der Waals surface area contributed by atoms with Gasteiger partial charge in [0.2, 0.25) is 0 Å². The van der Waals surface area contributed by atoms with Crippen LogP contribution in [0.15, 0.2) is 157 Å². The molecule has 0 amide bonds. The second-order valence-corrected chi connectivity index (χ2v) is 20.7. The summed E-state index contributed by atoms with van der Waals surface area (Å²) in [6.45, 7) is 6.76. The van der Waals surface area contributed by atoms with Crippen molar-refractivity contribution >= 4 is 63.9 Å². The van der Waals surface area contributed by atoms with Gasteiger partial charge in [-0.3, -0.25) is 0 Å². The van der Waals surface area contributed by atoms with E-state index in [0.717, 1.165) is 0 Å². The summed E-state index contributed by atoms with van der Waals surface area (Å²) >= 11 is 0. The smallest absolute Gasteiger partial charge is 0.00199 e. The summed E-state index contributed by atoms with van der Waals surface area (Å²) in [5.74, 6) is 1.30. The SMILES string of the molecule is CCCCCCCCS(C)(C)c1ccc2ccc(-c3ccc4c(-c5ccc(C)c6ccccc56)c5ccccc5c(-c5ccc(C)c6ccccc56)c4c3)cc2c1. The number of hydrogen-bond acceptors (Lipinski definition) is 0. The molecule has 0 saturated heterocycles. The van der Waals surface area contributed by atoms with Crippen LogP contribution in [0.1, 0.15) is 56.6 Å². The van der Waals surface area contributed by atoms with Crippen LogP contribution >= 0.6 is 10.0 Å². The van der Waals surface area contributed by atoms with Gasteiger partial charge in [0.15, 0.2) is 0 Å². The lowest BCUT2D eigenvalue weighted by Gasteiger charge is -2.32. The van der Waals surface area contributed by atoms with Crippen LogP contribution in [-0.2, 0) is 0 Å². The van der Waals surface area contributed by atoms with Crippen LogP contribution in [0.25, 0.3) is 87.2 Å². The minimum atomic E-state index is -0.879. The first-order chi connectivity index (χ1) is 27.8. The summed E-state index contributed by atoms with van der Waals surface area (Å²) in [4.78, 5) is 1.52. The molecule has 1 heteroatoms. The molecule has 284 valence electrons. The van der Waals surface area contributed by atoms with Crippen LogP contribution in [0.3, 0.4) is 0 Å². The molecule has 0 fully saturated rings. The van der Waals surface area contributed by atoms with E-state index >= 15 is 0 Å². The van der Waals surface area contributed by atoms with Gasteiger partial charge in [-0.15, -0.1) is 0 Å². The van der Waals surface area contributed by atoms with Crippen LogP contribution < -0.4 is 0 Å². The van der Waals surface area contributed by atoms with Crippen molar-refractivity contribution in [3.63, 3.8) is 0 Å². The fraction of sp³-hybridized carbons (Fsp3) is 0.214. The molecule has 0 atom stereocenters. The molecule has 0 N–H and O–H groups in total. The van der Waals surface area contributed by atoms with E-state index in [0.29, 0.717) is 0 Å². The van der Waals surface area contributed by atoms with Crippen LogP contribution in [0.4, 0.5) is 0 Å². The molecule has 9 aromatic carbocycles. The molecule has 0 radical (unpaired) electrons. The average Bonchev–Trinajstić information content (AvgIpc) is 3.24. The Balaban J connectivity index is 1.25. The lowest BCUT2D eigenvalue weighted by molar-refractivity contribution is 0.626. The van der Waals surface area contributed by atoms with E-state index in [9.17, 15) is 0 Å². The van der Waals surface area contributed by atoms with Crippen molar-refractivity contribution in [2.45, 2.75) is 64.2 Å². The molecule has 0 unspecified atom stereocenters. The Bertz CT molecular complexity index is 2950. The lowest BCUT2D eigenvalue weighted by Crippen LogP contribution is -2.02. The topological polar surface area (TPSA) is 0 Å². The Kier molecular flexibility index (Phi) is 10.1. The predicted octanol–water partition coefficient (Wildman–Crippen LogP) is 16.9. The highest BCUT2D eigenvalue weighted by Crippen LogP contribution is 2.51. The van der Waals surface area contributed by atoms with Crippen molar-refractivity contribution in [2.75, 3.05) is 18.3 Å². The number of benzene rings is 9. The normalized spacial score (nSPS) is 12.4. The Morgan fingerprint density at radius 2 is 0.877 bits per heavy atom. The summed E-state index contributed by atoms with van der Waals surface area (Å²) < 4.78 is 0. The molecule has 0 aromatic heterocycles. The summed E-state index contributed by atoms with van der Waals surface area (Å²) in [6.07, 6.45) is 13.1. The van der Waals surface area contributed by atoms with Gasteiger partial charge in [0, 0.05) is 0 Å². The fourth-order valence-corrected chi connectivity index (χ4v) is 11.4. The monoisotopic (exact) mass is 758 g/mol. The van der Waals surface area contributed by atoms with Crippen molar-refractivity contribution in [1.82, 2.24) is 0 Å². The molecule has 0 nitrogen and oxygen atoms in total. The molecule has 9 rings (SSSR count). The first-order valence-corrected chi connectivity index (χ1v) is 23.7. The van der Waals surface area contributed by atoms with Crippen LogP contribution in [0, 0.1) is 13.8 Å². The van der Waals surface area contributed by atoms with Gasteiger partial charge in [-0.05, 0) is 166 Å². The minimum Gasteiger partial charge on any atom is -0.220 e. The minimum absolute atomic E-state index is 0.879. The van der Waals surface area contributed by atoms with Crippen molar-refractivity contribution in [1.29, 1.82) is 0 Å². The summed E-state index contributed by atoms with van der Waals surface area (Å²) in [7, 11) is -0.879. The van der Waals surface area contributed by atoms with Gasteiger partial charge in [0.05, 0.1) is 0 Å². The first-order valence-electron chi connectivity index (χ1n) is 21.0. The number of fused-ring (bicyclic) bond motifs is 5. The Hall–Kier alpha value is -5.37. The molecule has 0 saturated carbocycles. The zero-order chi connectivity index (χ0) is 39.1. The summed E-state index contributed by atoms with van der Waals surface area (Å²) in [5, 5.41) is 13.0. The molecule has 0 aliphatic heterocycles. The van der Waals surface area contributed by atoms with E-state index in [1.807, 2.05) is 0 Å². The quantitative estimate of drug-likeness (QED) is 0.0910. The molecular weight excluding hydrogens is 705 g/mol. The molecule has 0 spiro atoms. The Labute approximate surface area is 340 Å². The van der Waals surface area contributed by atoms with Gasteiger partial charge in [-0.25, -0.2) is 10.0 Å². The van der Waals surface area contributed by atoms with Crippen molar-refractivity contribution in [3.8, 4) is 33.4 Å². The zero-order valence-corrected chi connectivity index (χ0v) is 35.1. The first kappa shape index (κ1) is 37.2. The third-order valence-electron chi connectivity index (χ3n) is 12.6. The van der Waals surface area contributed by atoms with Crippen LogP contribution in [0.5, 0.6) is 0 Å². The summed E-state index contributed by atoms with van der Waals surface area (Å²) in [5.41, 5.74) is 10.3.